The molecule has 0 spiro atoms. The Morgan fingerprint density at radius 1 is 1.03 bits per heavy atom. The number of aryl methyl sites for hydroxylation is 2. The highest BCUT2D eigenvalue weighted by Crippen LogP contribution is 2.36. The third-order valence-electron chi connectivity index (χ3n) is 6.06. The van der Waals surface area contributed by atoms with E-state index < -0.39 is 28.6 Å². The summed E-state index contributed by atoms with van der Waals surface area (Å²) < 4.78 is 34.8. The van der Waals surface area contributed by atoms with Crippen LogP contribution in [0, 0.1) is 13.8 Å². The van der Waals surface area contributed by atoms with Crippen LogP contribution in [0.15, 0.2) is 65.6 Å². The zero-order chi connectivity index (χ0) is 23.6. The number of carbonyl (C=O) groups is 1. The van der Waals surface area contributed by atoms with Gasteiger partial charge in [0.2, 0.25) is 10.0 Å². The molecule has 1 aliphatic carbocycles. The van der Waals surface area contributed by atoms with Crippen molar-refractivity contribution in [2.75, 3.05) is 6.61 Å². The van der Waals surface area contributed by atoms with Crippen LogP contribution in [-0.2, 0) is 21.2 Å². The van der Waals surface area contributed by atoms with Gasteiger partial charge in [0.1, 0.15) is 5.75 Å². The van der Waals surface area contributed by atoms with Crippen LogP contribution >= 0.6 is 0 Å². The Morgan fingerprint density at radius 2 is 1.79 bits per heavy atom. The summed E-state index contributed by atoms with van der Waals surface area (Å²) in [5, 5.41) is 8.92. The Morgan fingerprint density at radius 3 is 2.52 bits per heavy atom. The number of nitrogens with one attached hydrogen (secondary N) is 1. The van der Waals surface area contributed by atoms with Crippen LogP contribution in [0.3, 0.4) is 0 Å². The van der Waals surface area contributed by atoms with Crippen LogP contribution in [-0.4, -0.2) is 26.1 Å². The van der Waals surface area contributed by atoms with E-state index in [4.69, 9.17) is 9.84 Å². The first-order chi connectivity index (χ1) is 15.8. The number of fused-ring (bicyclic) bond motifs is 1. The smallest absolute Gasteiger partial charge is 0.341 e. The van der Waals surface area contributed by atoms with Crippen LogP contribution in [0.2, 0.25) is 0 Å². The molecule has 3 aromatic rings. The number of sulfonamides is 1. The van der Waals surface area contributed by atoms with Gasteiger partial charge in [0.25, 0.3) is 0 Å². The lowest BCUT2D eigenvalue weighted by Gasteiger charge is -2.27. The molecule has 0 fully saturated rings. The quantitative estimate of drug-likeness (QED) is 0.523. The van der Waals surface area contributed by atoms with Crippen molar-refractivity contribution in [2.45, 2.75) is 44.0 Å². The molecule has 0 saturated heterocycles. The number of ether oxygens (including phenoxy) is 1. The van der Waals surface area contributed by atoms with E-state index in [0.29, 0.717) is 18.6 Å². The Kier molecular flexibility index (Phi) is 6.54. The summed E-state index contributed by atoms with van der Waals surface area (Å²) in [6, 6.07) is 18.2. The minimum absolute atomic E-state index is 0.225. The summed E-state index contributed by atoms with van der Waals surface area (Å²) in [6.45, 7) is 3.53. The van der Waals surface area contributed by atoms with E-state index >= 15 is 0 Å². The zero-order valence-corrected chi connectivity index (χ0v) is 19.5. The molecule has 0 amide bonds. The molecule has 0 unspecified atom stereocenters. The van der Waals surface area contributed by atoms with E-state index in [1.807, 2.05) is 50.2 Å². The fourth-order valence-corrected chi connectivity index (χ4v) is 5.78. The Hall–Kier alpha value is -3.16. The minimum Gasteiger partial charge on any atom is -0.482 e. The highest BCUT2D eigenvalue weighted by Gasteiger charge is 2.28. The summed E-state index contributed by atoms with van der Waals surface area (Å²) in [4.78, 5) is 11.1. The molecular formula is C26H27NO5S. The number of benzene rings is 3. The standard InChI is InChI=1S/C26H27NO5S/c1-17-7-3-4-8-20(17)21-14-13-19(15-18(21)2)33(30,31)27-24-11-5-10-23-22(24)9-6-12-25(23)32-16-26(28)29/h3-4,6-9,12-15,24,27H,5,10-11,16H2,1-2H3,(H,28,29)/t24-/m1/s1. The van der Waals surface area contributed by atoms with Gasteiger partial charge in [-0.1, -0.05) is 42.5 Å². The van der Waals surface area contributed by atoms with Crippen molar-refractivity contribution >= 4 is 16.0 Å². The van der Waals surface area contributed by atoms with Crippen molar-refractivity contribution in [1.82, 2.24) is 4.72 Å². The molecule has 0 radical (unpaired) electrons. The van der Waals surface area contributed by atoms with Crippen LogP contribution in [0.5, 0.6) is 5.75 Å². The minimum atomic E-state index is -3.76. The zero-order valence-electron chi connectivity index (χ0n) is 18.7. The summed E-state index contributed by atoms with van der Waals surface area (Å²) in [5.41, 5.74) is 5.82. The van der Waals surface area contributed by atoms with Crippen LogP contribution in [0.1, 0.15) is 41.1 Å². The SMILES string of the molecule is Cc1ccccc1-c1ccc(S(=O)(=O)N[C@@H]2CCCc3c(OCC(=O)O)cccc32)cc1C. The van der Waals surface area contributed by atoms with Crippen LogP contribution in [0.4, 0.5) is 0 Å². The van der Waals surface area contributed by atoms with Gasteiger partial charge >= 0.3 is 5.97 Å². The first-order valence-corrected chi connectivity index (χ1v) is 12.4. The largest absolute Gasteiger partial charge is 0.482 e. The molecule has 0 heterocycles. The fourth-order valence-electron chi connectivity index (χ4n) is 4.45. The topological polar surface area (TPSA) is 92.7 Å². The second kappa shape index (κ2) is 9.37. The van der Waals surface area contributed by atoms with Crippen molar-refractivity contribution in [3.8, 4) is 16.9 Å². The van der Waals surface area contributed by atoms with Gasteiger partial charge in [0, 0.05) is 6.04 Å². The van der Waals surface area contributed by atoms with Crippen molar-refractivity contribution in [1.29, 1.82) is 0 Å². The van der Waals surface area contributed by atoms with E-state index in [9.17, 15) is 13.2 Å². The van der Waals surface area contributed by atoms with Gasteiger partial charge in [-0.2, -0.15) is 0 Å². The first kappa shape index (κ1) is 23.0. The number of hydrogen-bond donors (Lipinski definition) is 2. The Balaban J connectivity index is 1.60. The summed E-state index contributed by atoms with van der Waals surface area (Å²) in [7, 11) is -3.76. The van der Waals surface area contributed by atoms with Gasteiger partial charge in [0.05, 0.1) is 4.90 Å². The predicted octanol–water partition coefficient (Wildman–Crippen LogP) is 4.79. The fraction of sp³-hybridized carbons (Fsp3) is 0.269. The molecule has 0 aliphatic heterocycles. The average Bonchev–Trinajstić information content (AvgIpc) is 2.78. The van der Waals surface area contributed by atoms with E-state index in [2.05, 4.69) is 4.72 Å². The molecule has 0 bridgehead atoms. The second-order valence-electron chi connectivity index (χ2n) is 8.36. The molecule has 1 atom stereocenters. The van der Waals surface area contributed by atoms with Gasteiger partial charge in [-0.3, -0.25) is 0 Å². The molecule has 2 N–H and O–H groups in total. The summed E-state index contributed by atoms with van der Waals surface area (Å²) in [6.07, 6.45) is 2.15. The van der Waals surface area contributed by atoms with E-state index in [0.717, 1.165) is 39.8 Å². The van der Waals surface area contributed by atoms with E-state index in [1.54, 1.807) is 24.3 Å². The average molecular weight is 466 g/mol. The Bertz CT molecular complexity index is 1300. The highest BCUT2D eigenvalue weighted by atomic mass is 32.2. The normalized spacial score (nSPS) is 15.6. The molecule has 33 heavy (non-hydrogen) atoms. The number of aliphatic carboxylic acids is 1. The molecule has 4 rings (SSSR count). The highest BCUT2D eigenvalue weighted by molar-refractivity contribution is 7.89. The number of carboxylic acid groups (broad SMARTS) is 1. The van der Waals surface area contributed by atoms with Crippen molar-refractivity contribution in [3.63, 3.8) is 0 Å². The van der Waals surface area contributed by atoms with Crippen molar-refractivity contribution < 1.29 is 23.1 Å². The van der Waals surface area contributed by atoms with Gasteiger partial charge in [-0.15, -0.1) is 0 Å². The number of carboxylic acids is 1. The molecular weight excluding hydrogens is 438 g/mol. The molecule has 172 valence electrons. The monoisotopic (exact) mass is 465 g/mol. The van der Waals surface area contributed by atoms with E-state index in [-0.39, 0.29) is 4.90 Å². The van der Waals surface area contributed by atoms with Crippen molar-refractivity contribution in [2.24, 2.45) is 0 Å². The second-order valence-corrected chi connectivity index (χ2v) is 10.1. The van der Waals surface area contributed by atoms with Gasteiger partial charge < -0.3 is 9.84 Å². The maximum atomic E-state index is 13.3. The number of rotatable bonds is 7. The lowest BCUT2D eigenvalue weighted by Crippen LogP contribution is -2.31. The number of hydrogen-bond acceptors (Lipinski definition) is 4. The Labute approximate surface area is 194 Å². The van der Waals surface area contributed by atoms with Gasteiger partial charge in [-0.05, 0) is 84.7 Å². The predicted molar refractivity (Wildman–Crippen MR) is 127 cm³/mol. The lowest BCUT2D eigenvalue weighted by molar-refractivity contribution is -0.139. The lowest BCUT2D eigenvalue weighted by atomic mass is 9.87. The van der Waals surface area contributed by atoms with Crippen LogP contribution in [0.25, 0.3) is 11.1 Å². The summed E-state index contributed by atoms with van der Waals surface area (Å²) >= 11 is 0. The molecule has 0 aromatic heterocycles. The maximum absolute atomic E-state index is 13.3. The first-order valence-electron chi connectivity index (χ1n) is 10.9. The molecule has 6 nitrogen and oxygen atoms in total. The van der Waals surface area contributed by atoms with E-state index in [1.165, 1.54) is 0 Å². The third-order valence-corrected chi connectivity index (χ3v) is 7.53. The van der Waals surface area contributed by atoms with Gasteiger partial charge in [-0.25, -0.2) is 17.9 Å². The van der Waals surface area contributed by atoms with Crippen LogP contribution < -0.4 is 9.46 Å². The molecule has 0 saturated carbocycles. The third kappa shape index (κ3) is 4.94. The molecule has 3 aromatic carbocycles. The van der Waals surface area contributed by atoms with Gasteiger partial charge in [0.15, 0.2) is 6.61 Å². The maximum Gasteiger partial charge on any atom is 0.341 e. The molecule has 1 aliphatic rings. The van der Waals surface area contributed by atoms with Crippen molar-refractivity contribution in [3.05, 3.63) is 82.9 Å². The molecule has 7 heteroatoms. The summed E-state index contributed by atoms with van der Waals surface area (Å²) in [5.74, 6) is -0.553.